The number of rotatable bonds is 1. The van der Waals surface area contributed by atoms with Crippen LogP contribution in [0.2, 0.25) is 0 Å². The van der Waals surface area contributed by atoms with Crippen LogP contribution in [0, 0.1) is 13.8 Å². The number of halogens is 1. The standard InChI is InChI=1S/C8H9BrO2S/c1-4-6(9)5(2)12-7(4)8(10)11-3/h1-3H3. The zero-order chi connectivity index (χ0) is 9.30. The molecule has 2 nitrogen and oxygen atoms in total. The summed E-state index contributed by atoms with van der Waals surface area (Å²) in [5.74, 6) is -0.258. The second-order valence-corrected chi connectivity index (χ2v) is 4.44. The number of esters is 1. The second-order valence-electron chi connectivity index (χ2n) is 2.42. The van der Waals surface area contributed by atoms with Crippen LogP contribution in [0.15, 0.2) is 4.47 Å². The Balaban J connectivity index is 3.17. The number of methoxy groups -OCH3 is 1. The Morgan fingerprint density at radius 2 is 2.08 bits per heavy atom. The first-order valence-corrected chi connectivity index (χ1v) is 5.02. The van der Waals surface area contributed by atoms with Gasteiger partial charge in [0.2, 0.25) is 0 Å². The fraction of sp³-hybridized carbons (Fsp3) is 0.375. The highest BCUT2D eigenvalue weighted by Gasteiger charge is 2.16. The summed E-state index contributed by atoms with van der Waals surface area (Å²) in [5, 5.41) is 0. The molecule has 0 amide bonds. The Kier molecular flexibility index (Phi) is 2.90. The Morgan fingerprint density at radius 1 is 1.50 bits per heavy atom. The summed E-state index contributed by atoms with van der Waals surface area (Å²) in [6.07, 6.45) is 0. The Labute approximate surface area is 83.7 Å². The van der Waals surface area contributed by atoms with Gasteiger partial charge in [-0.2, -0.15) is 0 Å². The minimum Gasteiger partial charge on any atom is -0.465 e. The molecule has 66 valence electrons. The Morgan fingerprint density at radius 3 is 2.42 bits per heavy atom. The van der Waals surface area contributed by atoms with Crippen molar-refractivity contribution >= 4 is 33.2 Å². The SMILES string of the molecule is COC(=O)c1sc(C)c(Br)c1C. The molecule has 4 heteroatoms. The van der Waals surface area contributed by atoms with Crippen molar-refractivity contribution in [1.29, 1.82) is 0 Å². The van der Waals surface area contributed by atoms with Crippen molar-refractivity contribution in [3.05, 3.63) is 19.8 Å². The van der Waals surface area contributed by atoms with E-state index in [1.165, 1.54) is 18.4 Å². The van der Waals surface area contributed by atoms with Crippen LogP contribution in [-0.2, 0) is 4.74 Å². The van der Waals surface area contributed by atoms with Gasteiger partial charge in [-0.25, -0.2) is 4.79 Å². The van der Waals surface area contributed by atoms with E-state index in [1.807, 2.05) is 13.8 Å². The van der Waals surface area contributed by atoms with Crippen molar-refractivity contribution in [1.82, 2.24) is 0 Å². The first-order chi connectivity index (χ1) is 5.57. The van der Waals surface area contributed by atoms with E-state index in [0.29, 0.717) is 4.88 Å². The van der Waals surface area contributed by atoms with Gasteiger partial charge >= 0.3 is 5.97 Å². The van der Waals surface area contributed by atoms with Gasteiger partial charge in [0.05, 0.1) is 7.11 Å². The molecule has 0 fully saturated rings. The van der Waals surface area contributed by atoms with Crippen LogP contribution in [0.4, 0.5) is 0 Å². The van der Waals surface area contributed by atoms with E-state index in [2.05, 4.69) is 20.7 Å². The lowest BCUT2D eigenvalue weighted by Crippen LogP contribution is -1.99. The number of carbonyl (C=O) groups is 1. The molecule has 0 aliphatic rings. The summed E-state index contributed by atoms with van der Waals surface area (Å²) in [5.41, 5.74) is 0.962. The molecule has 0 aromatic carbocycles. The van der Waals surface area contributed by atoms with Crippen LogP contribution < -0.4 is 0 Å². The zero-order valence-corrected chi connectivity index (χ0v) is 9.51. The third kappa shape index (κ3) is 1.54. The Hall–Kier alpha value is -0.350. The molecule has 1 aromatic rings. The minimum absolute atomic E-state index is 0.258. The second kappa shape index (κ2) is 3.58. The van der Waals surface area contributed by atoms with E-state index in [9.17, 15) is 4.79 Å². The predicted octanol–water partition coefficient (Wildman–Crippen LogP) is 2.91. The van der Waals surface area contributed by atoms with E-state index in [0.717, 1.165) is 14.9 Å². The van der Waals surface area contributed by atoms with Crippen molar-refractivity contribution in [2.45, 2.75) is 13.8 Å². The van der Waals surface area contributed by atoms with Crippen LogP contribution in [0.1, 0.15) is 20.1 Å². The molecule has 0 aliphatic heterocycles. The van der Waals surface area contributed by atoms with Gasteiger partial charge in [0.25, 0.3) is 0 Å². The quantitative estimate of drug-likeness (QED) is 0.715. The highest BCUT2D eigenvalue weighted by molar-refractivity contribution is 9.10. The average molecular weight is 249 g/mol. The molecule has 1 heterocycles. The smallest absolute Gasteiger partial charge is 0.348 e. The molecule has 1 aromatic heterocycles. The van der Waals surface area contributed by atoms with E-state index in [-0.39, 0.29) is 5.97 Å². The van der Waals surface area contributed by atoms with E-state index < -0.39 is 0 Å². The van der Waals surface area contributed by atoms with Crippen molar-refractivity contribution in [2.75, 3.05) is 7.11 Å². The van der Waals surface area contributed by atoms with Gasteiger partial charge in [0, 0.05) is 9.35 Å². The molecule has 0 spiro atoms. The number of aryl methyl sites for hydroxylation is 1. The molecule has 0 saturated heterocycles. The topological polar surface area (TPSA) is 26.3 Å². The highest BCUT2D eigenvalue weighted by atomic mass is 79.9. The summed E-state index contributed by atoms with van der Waals surface area (Å²) in [6.45, 7) is 3.87. The summed E-state index contributed by atoms with van der Waals surface area (Å²) in [4.78, 5) is 13.0. The van der Waals surface area contributed by atoms with Crippen molar-refractivity contribution < 1.29 is 9.53 Å². The summed E-state index contributed by atoms with van der Waals surface area (Å²) in [7, 11) is 1.39. The molecule has 12 heavy (non-hydrogen) atoms. The van der Waals surface area contributed by atoms with Gasteiger partial charge < -0.3 is 4.74 Å². The minimum atomic E-state index is -0.258. The van der Waals surface area contributed by atoms with E-state index >= 15 is 0 Å². The van der Waals surface area contributed by atoms with Crippen molar-refractivity contribution in [3.63, 3.8) is 0 Å². The normalized spacial score (nSPS) is 10.0. The van der Waals surface area contributed by atoms with Gasteiger partial charge in [0.1, 0.15) is 4.88 Å². The lowest BCUT2D eigenvalue weighted by atomic mass is 10.3. The number of ether oxygens (including phenoxy) is 1. The Bertz CT molecular complexity index is 317. The molecular formula is C8H9BrO2S. The maximum Gasteiger partial charge on any atom is 0.348 e. The summed E-state index contributed by atoms with van der Waals surface area (Å²) >= 11 is 4.85. The molecule has 0 radical (unpaired) electrons. The number of hydrogen-bond acceptors (Lipinski definition) is 3. The molecule has 0 atom stereocenters. The van der Waals surface area contributed by atoms with Gasteiger partial charge in [-0.3, -0.25) is 0 Å². The maximum atomic E-state index is 11.2. The van der Waals surface area contributed by atoms with E-state index in [4.69, 9.17) is 0 Å². The first kappa shape index (κ1) is 9.74. The van der Waals surface area contributed by atoms with Crippen molar-refractivity contribution in [2.24, 2.45) is 0 Å². The fourth-order valence-electron chi connectivity index (χ4n) is 0.926. The number of carbonyl (C=O) groups excluding carboxylic acids is 1. The molecule has 1 rings (SSSR count). The van der Waals surface area contributed by atoms with Gasteiger partial charge in [0.15, 0.2) is 0 Å². The number of thiophene rings is 1. The average Bonchev–Trinajstić information content (AvgIpc) is 2.32. The predicted molar refractivity (Wildman–Crippen MR) is 52.8 cm³/mol. The van der Waals surface area contributed by atoms with Crippen LogP contribution in [-0.4, -0.2) is 13.1 Å². The maximum absolute atomic E-state index is 11.2. The molecule has 0 aliphatic carbocycles. The van der Waals surface area contributed by atoms with Gasteiger partial charge in [-0.05, 0) is 35.3 Å². The molecular weight excluding hydrogens is 240 g/mol. The van der Waals surface area contributed by atoms with Crippen molar-refractivity contribution in [3.8, 4) is 0 Å². The highest BCUT2D eigenvalue weighted by Crippen LogP contribution is 2.32. The van der Waals surface area contributed by atoms with Crippen LogP contribution >= 0.6 is 27.3 Å². The number of hydrogen-bond donors (Lipinski definition) is 0. The third-order valence-corrected chi connectivity index (χ3v) is 4.24. The lowest BCUT2D eigenvalue weighted by molar-refractivity contribution is 0.0605. The summed E-state index contributed by atoms with van der Waals surface area (Å²) in [6, 6.07) is 0. The van der Waals surface area contributed by atoms with Crippen LogP contribution in [0.25, 0.3) is 0 Å². The fourth-order valence-corrected chi connectivity index (χ4v) is 2.47. The largest absolute Gasteiger partial charge is 0.465 e. The van der Waals surface area contributed by atoms with Gasteiger partial charge in [-0.1, -0.05) is 0 Å². The molecule has 0 unspecified atom stereocenters. The lowest BCUT2D eigenvalue weighted by Gasteiger charge is -1.95. The molecule has 0 saturated carbocycles. The van der Waals surface area contributed by atoms with Gasteiger partial charge in [-0.15, -0.1) is 11.3 Å². The first-order valence-electron chi connectivity index (χ1n) is 3.41. The zero-order valence-electron chi connectivity index (χ0n) is 7.10. The molecule has 0 bridgehead atoms. The van der Waals surface area contributed by atoms with E-state index in [1.54, 1.807) is 0 Å². The monoisotopic (exact) mass is 248 g/mol. The summed E-state index contributed by atoms with van der Waals surface area (Å²) < 4.78 is 5.64. The van der Waals surface area contributed by atoms with Crippen LogP contribution in [0.3, 0.4) is 0 Å². The third-order valence-electron chi connectivity index (χ3n) is 1.60. The van der Waals surface area contributed by atoms with Crippen LogP contribution in [0.5, 0.6) is 0 Å². The molecule has 0 N–H and O–H groups in total.